The second-order valence-electron chi connectivity index (χ2n) is 4.34. The number of benzene rings is 1. The first-order valence-electron chi connectivity index (χ1n) is 5.65. The number of hydrogen-bond acceptors (Lipinski definition) is 2. The number of aromatic nitrogens is 1. The van der Waals surface area contributed by atoms with Crippen LogP contribution in [0.5, 0.6) is 0 Å². The Hall–Kier alpha value is -1.83. The molecule has 1 aromatic heterocycles. The monoisotopic (exact) mass is 210 g/mol. The van der Waals surface area contributed by atoms with Gasteiger partial charge in [0.25, 0.3) is 0 Å². The van der Waals surface area contributed by atoms with Gasteiger partial charge in [-0.1, -0.05) is 30.3 Å². The maximum atomic E-state index is 6.04. The molecule has 2 nitrogen and oxygen atoms in total. The Bertz CT molecular complexity index is 501. The summed E-state index contributed by atoms with van der Waals surface area (Å²) in [5.74, 6) is 0.616. The first-order chi connectivity index (χ1) is 7.84. The zero-order chi connectivity index (χ0) is 11.0. The molecule has 2 aromatic rings. The summed E-state index contributed by atoms with van der Waals surface area (Å²) in [5.41, 5.74) is 10.2. The molecular weight excluding hydrogens is 196 g/mol. The van der Waals surface area contributed by atoms with E-state index in [-0.39, 0.29) is 0 Å². The minimum Gasteiger partial charge on any atom is -0.397 e. The summed E-state index contributed by atoms with van der Waals surface area (Å²) >= 11 is 0. The zero-order valence-corrected chi connectivity index (χ0v) is 9.06. The van der Waals surface area contributed by atoms with Gasteiger partial charge in [-0.3, -0.25) is 4.98 Å². The molecule has 3 rings (SSSR count). The summed E-state index contributed by atoms with van der Waals surface area (Å²) in [4.78, 5) is 4.49. The van der Waals surface area contributed by atoms with Crippen molar-refractivity contribution < 1.29 is 0 Å². The number of hydrogen-bond donors (Lipinski definition) is 1. The van der Waals surface area contributed by atoms with Crippen molar-refractivity contribution in [3.05, 3.63) is 48.3 Å². The summed E-state index contributed by atoms with van der Waals surface area (Å²) in [6.07, 6.45) is 4.41. The van der Waals surface area contributed by atoms with Crippen LogP contribution in [-0.2, 0) is 0 Å². The number of nitrogens with zero attached hydrogens (tertiary/aromatic N) is 1. The van der Waals surface area contributed by atoms with Gasteiger partial charge in [0.15, 0.2) is 0 Å². The lowest BCUT2D eigenvalue weighted by molar-refractivity contribution is 1.03. The predicted octanol–water partition coefficient (Wildman–Crippen LogP) is 3.21. The number of nitrogens with two attached hydrogens (primary N) is 1. The topological polar surface area (TPSA) is 38.9 Å². The molecule has 1 aliphatic rings. The van der Waals surface area contributed by atoms with Crippen molar-refractivity contribution in [3.8, 4) is 11.1 Å². The molecule has 2 N–H and O–H groups in total. The third-order valence-electron chi connectivity index (χ3n) is 3.02. The molecule has 0 amide bonds. The second kappa shape index (κ2) is 3.63. The standard InChI is InChI=1S/C14H14N2/c15-13-8-12(10-4-2-1-3-5-10)9-16-14(13)11-6-7-11/h1-5,8-9,11H,6-7,15H2. The van der Waals surface area contributed by atoms with E-state index >= 15 is 0 Å². The van der Waals surface area contributed by atoms with E-state index in [9.17, 15) is 0 Å². The van der Waals surface area contributed by atoms with E-state index in [0.29, 0.717) is 5.92 Å². The molecule has 1 saturated carbocycles. The van der Waals surface area contributed by atoms with Gasteiger partial charge in [0.1, 0.15) is 0 Å². The fraction of sp³-hybridized carbons (Fsp3) is 0.214. The number of nitrogen functional groups attached to an aromatic ring is 1. The minimum atomic E-state index is 0.616. The first kappa shape index (κ1) is 9.40. The summed E-state index contributed by atoms with van der Waals surface area (Å²) in [5, 5.41) is 0. The Balaban J connectivity index is 2.00. The van der Waals surface area contributed by atoms with Crippen LogP contribution in [-0.4, -0.2) is 4.98 Å². The third-order valence-corrected chi connectivity index (χ3v) is 3.02. The molecule has 1 aliphatic carbocycles. The van der Waals surface area contributed by atoms with Crippen LogP contribution in [0.3, 0.4) is 0 Å². The lowest BCUT2D eigenvalue weighted by Crippen LogP contribution is -1.96. The predicted molar refractivity (Wildman–Crippen MR) is 66.1 cm³/mol. The van der Waals surface area contributed by atoms with Crippen LogP contribution in [0.1, 0.15) is 24.5 Å². The van der Waals surface area contributed by atoms with Crippen LogP contribution in [0.4, 0.5) is 5.69 Å². The number of rotatable bonds is 2. The molecular formula is C14H14N2. The Kier molecular flexibility index (Phi) is 2.13. The Morgan fingerprint density at radius 1 is 1.06 bits per heavy atom. The molecule has 0 unspecified atom stereocenters. The average molecular weight is 210 g/mol. The highest BCUT2D eigenvalue weighted by Gasteiger charge is 2.26. The second-order valence-corrected chi connectivity index (χ2v) is 4.34. The Labute approximate surface area is 95.1 Å². The largest absolute Gasteiger partial charge is 0.397 e. The van der Waals surface area contributed by atoms with Gasteiger partial charge in [-0.05, 0) is 24.5 Å². The van der Waals surface area contributed by atoms with Crippen molar-refractivity contribution in [1.29, 1.82) is 0 Å². The summed E-state index contributed by atoms with van der Waals surface area (Å²) in [6, 6.07) is 12.3. The molecule has 16 heavy (non-hydrogen) atoms. The van der Waals surface area contributed by atoms with Gasteiger partial charge in [0, 0.05) is 17.7 Å². The highest BCUT2D eigenvalue weighted by atomic mass is 14.8. The molecule has 0 saturated heterocycles. The highest BCUT2D eigenvalue weighted by molar-refractivity contribution is 5.67. The van der Waals surface area contributed by atoms with Gasteiger partial charge < -0.3 is 5.73 Å². The molecule has 1 fully saturated rings. The summed E-state index contributed by atoms with van der Waals surface area (Å²) in [7, 11) is 0. The highest BCUT2D eigenvalue weighted by Crippen LogP contribution is 2.42. The van der Waals surface area contributed by atoms with Crippen LogP contribution < -0.4 is 5.73 Å². The SMILES string of the molecule is Nc1cc(-c2ccccc2)cnc1C1CC1. The molecule has 0 bridgehead atoms. The van der Waals surface area contributed by atoms with Gasteiger partial charge in [-0.15, -0.1) is 0 Å². The van der Waals surface area contributed by atoms with E-state index in [4.69, 9.17) is 5.73 Å². The lowest BCUT2D eigenvalue weighted by Gasteiger charge is -2.06. The third kappa shape index (κ3) is 1.67. The summed E-state index contributed by atoms with van der Waals surface area (Å²) in [6.45, 7) is 0. The van der Waals surface area contributed by atoms with Gasteiger partial charge in [-0.2, -0.15) is 0 Å². The fourth-order valence-electron chi connectivity index (χ4n) is 1.98. The Morgan fingerprint density at radius 3 is 2.44 bits per heavy atom. The Morgan fingerprint density at radius 2 is 1.81 bits per heavy atom. The first-order valence-corrected chi connectivity index (χ1v) is 5.65. The van der Waals surface area contributed by atoms with E-state index < -0.39 is 0 Å². The van der Waals surface area contributed by atoms with E-state index in [1.807, 2.05) is 30.5 Å². The van der Waals surface area contributed by atoms with Crippen LogP contribution in [0.2, 0.25) is 0 Å². The van der Waals surface area contributed by atoms with E-state index in [1.165, 1.54) is 18.4 Å². The fourth-order valence-corrected chi connectivity index (χ4v) is 1.98. The molecule has 1 aromatic carbocycles. The normalized spacial score (nSPS) is 15.0. The van der Waals surface area contributed by atoms with Gasteiger partial charge in [0.2, 0.25) is 0 Å². The number of anilines is 1. The van der Waals surface area contributed by atoms with E-state index in [0.717, 1.165) is 16.9 Å². The molecule has 80 valence electrons. The quantitative estimate of drug-likeness (QED) is 0.826. The average Bonchev–Trinajstić information content (AvgIpc) is 3.14. The van der Waals surface area contributed by atoms with Gasteiger partial charge in [0.05, 0.1) is 11.4 Å². The maximum absolute atomic E-state index is 6.04. The molecule has 0 atom stereocenters. The molecule has 0 spiro atoms. The van der Waals surface area contributed by atoms with Crippen molar-refractivity contribution in [1.82, 2.24) is 4.98 Å². The zero-order valence-electron chi connectivity index (χ0n) is 9.06. The van der Waals surface area contributed by atoms with Crippen LogP contribution in [0, 0.1) is 0 Å². The van der Waals surface area contributed by atoms with Gasteiger partial charge >= 0.3 is 0 Å². The van der Waals surface area contributed by atoms with E-state index in [2.05, 4.69) is 17.1 Å². The van der Waals surface area contributed by atoms with Crippen LogP contribution in [0.15, 0.2) is 42.6 Å². The summed E-state index contributed by atoms with van der Waals surface area (Å²) < 4.78 is 0. The van der Waals surface area contributed by atoms with E-state index in [1.54, 1.807) is 0 Å². The van der Waals surface area contributed by atoms with Crippen LogP contribution >= 0.6 is 0 Å². The number of pyridine rings is 1. The van der Waals surface area contributed by atoms with Gasteiger partial charge in [-0.25, -0.2) is 0 Å². The van der Waals surface area contributed by atoms with Crippen molar-refractivity contribution in [2.24, 2.45) is 0 Å². The minimum absolute atomic E-state index is 0.616. The molecule has 1 heterocycles. The smallest absolute Gasteiger partial charge is 0.0663 e. The van der Waals surface area contributed by atoms with Crippen molar-refractivity contribution >= 4 is 5.69 Å². The molecule has 2 heteroatoms. The molecule has 0 radical (unpaired) electrons. The van der Waals surface area contributed by atoms with Crippen molar-refractivity contribution in [2.45, 2.75) is 18.8 Å². The lowest BCUT2D eigenvalue weighted by atomic mass is 10.1. The maximum Gasteiger partial charge on any atom is 0.0663 e. The molecule has 0 aliphatic heterocycles. The van der Waals surface area contributed by atoms with Crippen molar-refractivity contribution in [2.75, 3.05) is 5.73 Å². The van der Waals surface area contributed by atoms with Crippen molar-refractivity contribution in [3.63, 3.8) is 0 Å². The van der Waals surface area contributed by atoms with Crippen LogP contribution in [0.25, 0.3) is 11.1 Å².